The van der Waals surface area contributed by atoms with Crippen LogP contribution in [0.15, 0.2) is 5.16 Å². The molecule has 0 radical (unpaired) electrons. The number of nitrogen functional groups attached to an aromatic ring is 1. The lowest BCUT2D eigenvalue weighted by Gasteiger charge is -2.10. The van der Waals surface area contributed by atoms with E-state index in [9.17, 15) is 8.60 Å². The molecule has 0 bridgehead atoms. The fourth-order valence-corrected chi connectivity index (χ4v) is 2.29. The number of rotatable bonds is 3. The molecule has 2 aromatic heterocycles. The van der Waals surface area contributed by atoms with Gasteiger partial charge in [-0.1, -0.05) is 11.6 Å². The Kier molecular flexibility index (Phi) is 3.21. The average molecular weight is 317 g/mol. The predicted octanol–water partition coefficient (Wildman–Crippen LogP) is 1.68. The highest BCUT2D eigenvalue weighted by Crippen LogP contribution is 2.35. The SMILES string of the molecule is CS(=O)c1nc(N)c2c(OC3CC3)nc(Cl)c(F)c2n1. The van der Waals surface area contributed by atoms with Crippen molar-refractivity contribution < 1.29 is 13.3 Å². The first kappa shape index (κ1) is 13.4. The maximum Gasteiger partial charge on any atom is 0.228 e. The van der Waals surface area contributed by atoms with Gasteiger partial charge in [0.25, 0.3) is 0 Å². The number of fused-ring (bicyclic) bond motifs is 1. The summed E-state index contributed by atoms with van der Waals surface area (Å²) in [6, 6.07) is 0. The fraction of sp³-hybridized carbons (Fsp3) is 0.364. The van der Waals surface area contributed by atoms with Crippen molar-refractivity contribution in [1.82, 2.24) is 15.0 Å². The molecule has 20 heavy (non-hydrogen) atoms. The molecule has 3 rings (SSSR count). The average Bonchev–Trinajstić information content (AvgIpc) is 3.18. The minimum atomic E-state index is -1.49. The van der Waals surface area contributed by atoms with E-state index in [2.05, 4.69) is 15.0 Å². The van der Waals surface area contributed by atoms with E-state index in [0.717, 1.165) is 12.8 Å². The second-order valence-electron chi connectivity index (χ2n) is 4.41. The Bertz CT molecular complexity index is 738. The number of nitrogens with zero attached hydrogens (tertiary/aromatic N) is 3. The first-order valence-corrected chi connectivity index (χ1v) is 7.73. The molecule has 1 aliphatic carbocycles. The van der Waals surface area contributed by atoms with E-state index in [-0.39, 0.29) is 39.0 Å². The first-order valence-electron chi connectivity index (χ1n) is 5.79. The number of pyridine rings is 1. The van der Waals surface area contributed by atoms with Crippen LogP contribution in [-0.2, 0) is 10.8 Å². The van der Waals surface area contributed by atoms with Crippen LogP contribution in [0.1, 0.15) is 12.8 Å². The van der Waals surface area contributed by atoms with Crippen LogP contribution in [0.3, 0.4) is 0 Å². The van der Waals surface area contributed by atoms with Gasteiger partial charge in [0.15, 0.2) is 11.0 Å². The number of hydrogen-bond donors (Lipinski definition) is 1. The van der Waals surface area contributed by atoms with Gasteiger partial charge in [-0.25, -0.2) is 14.4 Å². The minimum absolute atomic E-state index is 0.0288. The van der Waals surface area contributed by atoms with Crippen LogP contribution in [0, 0.1) is 5.82 Å². The van der Waals surface area contributed by atoms with Crippen molar-refractivity contribution in [2.24, 2.45) is 0 Å². The smallest absolute Gasteiger partial charge is 0.228 e. The van der Waals surface area contributed by atoms with Gasteiger partial charge in [-0.15, -0.1) is 0 Å². The van der Waals surface area contributed by atoms with Gasteiger partial charge in [0.05, 0.1) is 10.8 Å². The zero-order valence-electron chi connectivity index (χ0n) is 10.4. The summed E-state index contributed by atoms with van der Waals surface area (Å²) in [6.07, 6.45) is 3.21. The minimum Gasteiger partial charge on any atom is -0.474 e. The summed E-state index contributed by atoms with van der Waals surface area (Å²) < 4.78 is 31.1. The summed E-state index contributed by atoms with van der Waals surface area (Å²) in [7, 11) is -1.49. The Morgan fingerprint density at radius 3 is 2.70 bits per heavy atom. The van der Waals surface area contributed by atoms with E-state index in [1.807, 2.05) is 0 Å². The van der Waals surface area contributed by atoms with Crippen LogP contribution in [0.5, 0.6) is 5.88 Å². The normalized spacial score (nSPS) is 16.4. The molecule has 1 atom stereocenters. The van der Waals surface area contributed by atoms with Crippen molar-refractivity contribution in [3.8, 4) is 5.88 Å². The lowest BCUT2D eigenvalue weighted by Crippen LogP contribution is -2.07. The van der Waals surface area contributed by atoms with Crippen LogP contribution >= 0.6 is 11.6 Å². The second-order valence-corrected chi connectivity index (χ2v) is 6.04. The first-order chi connectivity index (χ1) is 9.47. The van der Waals surface area contributed by atoms with Gasteiger partial charge in [-0.2, -0.15) is 4.98 Å². The van der Waals surface area contributed by atoms with Crippen LogP contribution in [0.25, 0.3) is 10.9 Å². The van der Waals surface area contributed by atoms with Crippen molar-refractivity contribution in [2.75, 3.05) is 12.0 Å². The highest BCUT2D eigenvalue weighted by Gasteiger charge is 2.28. The molecule has 0 aliphatic heterocycles. The number of ether oxygens (including phenoxy) is 1. The van der Waals surface area contributed by atoms with Crippen molar-refractivity contribution >= 4 is 39.1 Å². The van der Waals surface area contributed by atoms with Gasteiger partial charge < -0.3 is 10.5 Å². The fourth-order valence-electron chi connectivity index (χ4n) is 1.68. The van der Waals surface area contributed by atoms with Crippen molar-refractivity contribution in [3.05, 3.63) is 11.0 Å². The van der Waals surface area contributed by atoms with E-state index >= 15 is 0 Å². The van der Waals surface area contributed by atoms with E-state index in [1.165, 1.54) is 6.26 Å². The molecule has 106 valence electrons. The molecule has 1 unspecified atom stereocenters. The van der Waals surface area contributed by atoms with Gasteiger partial charge in [0, 0.05) is 6.26 Å². The van der Waals surface area contributed by atoms with Crippen molar-refractivity contribution in [2.45, 2.75) is 24.1 Å². The Morgan fingerprint density at radius 1 is 1.40 bits per heavy atom. The van der Waals surface area contributed by atoms with Gasteiger partial charge in [-0.05, 0) is 12.8 Å². The largest absolute Gasteiger partial charge is 0.474 e. The number of anilines is 1. The van der Waals surface area contributed by atoms with E-state index < -0.39 is 16.6 Å². The second kappa shape index (κ2) is 4.78. The van der Waals surface area contributed by atoms with Crippen LogP contribution < -0.4 is 10.5 Å². The van der Waals surface area contributed by atoms with E-state index in [0.29, 0.717) is 0 Å². The molecular weight excluding hydrogens is 307 g/mol. The van der Waals surface area contributed by atoms with E-state index in [4.69, 9.17) is 22.1 Å². The molecule has 2 N–H and O–H groups in total. The molecule has 2 aromatic rings. The maximum atomic E-state index is 14.1. The van der Waals surface area contributed by atoms with Gasteiger partial charge >= 0.3 is 0 Å². The summed E-state index contributed by atoms with van der Waals surface area (Å²) in [4.78, 5) is 11.7. The molecule has 0 spiro atoms. The third kappa shape index (κ3) is 2.29. The van der Waals surface area contributed by atoms with E-state index in [1.54, 1.807) is 0 Å². The molecule has 0 amide bonds. The molecule has 6 nitrogen and oxygen atoms in total. The zero-order chi connectivity index (χ0) is 14.4. The van der Waals surface area contributed by atoms with Crippen LogP contribution in [0.4, 0.5) is 10.2 Å². The summed E-state index contributed by atoms with van der Waals surface area (Å²) in [6.45, 7) is 0. The summed E-state index contributed by atoms with van der Waals surface area (Å²) in [5, 5.41) is -0.263. The summed E-state index contributed by atoms with van der Waals surface area (Å²) in [5.41, 5.74) is 5.67. The lowest BCUT2D eigenvalue weighted by atomic mass is 10.3. The molecule has 0 aromatic carbocycles. The molecule has 1 fully saturated rings. The number of nitrogens with two attached hydrogens (primary N) is 1. The highest BCUT2D eigenvalue weighted by atomic mass is 35.5. The monoisotopic (exact) mass is 316 g/mol. The number of hydrogen-bond acceptors (Lipinski definition) is 6. The van der Waals surface area contributed by atoms with Crippen LogP contribution in [0.2, 0.25) is 5.15 Å². The molecule has 2 heterocycles. The predicted molar refractivity (Wildman–Crippen MR) is 72.7 cm³/mol. The molecule has 9 heteroatoms. The molecule has 1 aliphatic rings. The summed E-state index contributed by atoms with van der Waals surface area (Å²) >= 11 is 5.74. The number of aromatic nitrogens is 3. The Morgan fingerprint density at radius 2 is 2.10 bits per heavy atom. The topological polar surface area (TPSA) is 91.0 Å². The zero-order valence-corrected chi connectivity index (χ0v) is 12.0. The Hall–Kier alpha value is -1.54. The summed E-state index contributed by atoms with van der Waals surface area (Å²) in [5.74, 6) is -0.746. The van der Waals surface area contributed by atoms with Crippen molar-refractivity contribution in [3.63, 3.8) is 0 Å². The molecule has 1 saturated carbocycles. The lowest BCUT2D eigenvalue weighted by molar-refractivity contribution is 0.294. The Labute approximate surface area is 121 Å². The third-order valence-corrected chi connectivity index (χ3v) is 3.73. The molecule has 0 saturated heterocycles. The molecular formula is C11H10ClFN4O2S. The van der Waals surface area contributed by atoms with Crippen LogP contribution in [-0.4, -0.2) is 31.5 Å². The van der Waals surface area contributed by atoms with Crippen molar-refractivity contribution in [1.29, 1.82) is 0 Å². The third-order valence-electron chi connectivity index (χ3n) is 2.78. The van der Waals surface area contributed by atoms with Gasteiger partial charge in [-0.3, -0.25) is 4.21 Å². The quantitative estimate of drug-likeness (QED) is 0.684. The highest BCUT2D eigenvalue weighted by molar-refractivity contribution is 7.84. The van der Waals surface area contributed by atoms with Gasteiger partial charge in [0.1, 0.15) is 22.8 Å². The number of halogens is 2. The standard InChI is InChI=1S/C11H10ClFN4O2S/c1-20(18)11-15-7-5(9(14)17-11)10(19-4-2-3-4)16-8(12)6(7)13/h4H,2-3H2,1H3,(H2,14,15,17). The maximum absolute atomic E-state index is 14.1. The van der Waals surface area contributed by atoms with Gasteiger partial charge in [0.2, 0.25) is 11.0 Å². The Balaban J connectivity index is 2.30.